The van der Waals surface area contributed by atoms with E-state index in [1.165, 1.54) is 20.1 Å². The van der Waals surface area contributed by atoms with Gasteiger partial charge in [0.1, 0.15) is 5.75 Å². The Hall–Kier alpha value is -3.49. The minimum Gasteiger partial charge on any atom is -0.496 e. The van der Waals surface area contributed by atoms with Crippen molar-refractivity contribution in [3.8, 4) is 5.75 Å². The zero-order valence-corrected chi connectivity index (χ0v) is 14.6. The van der Waals surface area contributed by atoms with Crippen LogP contribution in [0, 0.1) is 15.9 Å². The molecule has 0 aliphatic rings. The van der Waals surface area contributed by atoms with Crippen LogP contribution in [0.15, 0.2) is 42.5 Å². The maximum absolute atomic E-state index is 13.3. The Morgan fingerprint density at radius 2 is 1.96 bits per heavy atom. The quantitative estimate of drug-likeness (QED) is 0.452. The van der Waals surface area contributed by atoms with Crippen molar-refractivity contribution in [2.45, 2.75) is 19.4 Å². The van der Waals surface area contributed by atoms with Gasteiger partial charge in [-0.25, -0.2) is 0 Å². The number of anilines is 1. The molecule has 2 aromatic rings. The summed E-state index contributed by atoms with van der Waals surface area (Å²) < 4.78 is 23.5. The number of hydrogen-bond donors (Lipinski definition) is 1. The number of para-hydroxylation sites is 1. The first kappa shape index (κ1) is 19.8. The molecule has 0 aliphatic carbocycles. The van der Waals surface area contributed by atoms with Crippen molar-refractivity contribution in [3.63, 3.8) is 0 Å². The van der Waals surface area contributed by atoms with Gasteiger partial charge in [0.15, 0.2) is 6.10 Å². The lowest BCUT2D eigenvalue weighted by Crippen LogP contribution is -2.30. The highest BCUT2D eigenvalue weighted by Gasteiger charge is 2.21. The number of nitrogens with one attached hydrogen (secondary N) is 1. The summed E-state index contributed by atoms with van der Waals surface area (Å²) in [7, 11) is 1.47. The summed E-state index contributed by atoms with van der Waals surface area (Å²) in [5.74, 6) is -1.85. The standard InChI is InChI=1S/C18H17FN2O6/c1-11(27-17(22)9-12-5-3-4-6-16(12)26-2)18(23)20-13-7-8-14(19)15(10-13)21(24)25/h3-8,10-11H,9H2,1-2H3,(H,20,23). The van der Waals surface area contributed by atoms with Crippen molar-refractivity contribution in [2.75, 3.05) is 12.4 Å². The first-order valence-electron chi connectivity index (χ1n) is 7.88. The summed E-state index contributed by atoms with van der Waals surface area (Å²) in [5, 5.41) is 13.1. The Kier molecular flexibility index (Phi) is 6.42. The first-order valence-corrected chi connectivity index (χ1v) is 7.88. The number of nitrogens with zero attached hydrogens (tertiary/aromatic N) is 1. The number of ether oxygens (including phenoxy) is 2. The number of methoxy groups -OCH3 is 1. The van der Waals surface area contributed by atoms with E-state index in [1.807, 2.05) is 0 Å². The average Bonchev–Trinajstić information content (AvgIpc) is 2.63. The van der Waals surface area contributed by atoms with E-state index in [1.54, 1.807) is 24.3 Å². The van der Waals surface area contributed by atoms with Crippen LogP contribution in [0.4, 0.5) is 15.8 Å². The van der Waals surface area contributed by atoms with Gasteiger partial charge in [-0.2, -0.15) is 4.39 Å². The highest BCUT2D eigenvalue weighted by molar-refractivity contribution is 5.95. The number of esters is 1. The molecule has 0 bridgehead atoms. The van der Waals surface area contributed by atoms with Crippen molar-refractivity contribution in [1.82, 2.24) is 0 Å². The van der Waals surface area contributed by atoms with Gasteiger partial charge >= 0.3 is 11.7 Å². The zero-order valence-electron chi connectivity index (χ0n) is 14.6. The molecule has 0 saturated heterocycles. The van der Waals surface area contributed by atoms with Gasteiger partial charge < -0.3 is 14.8 Å². The van der Waals surface area contributed by atoms with Gasteiger partial charge in [-0.15, -0.1) is 0 Å². The number of benzene rings is 2. The van der Waals surface area contributed by atoms with Crippen LogP contribution in [-0.2, 0) is 20.7 Å². The second kappa shape index (κ2) is 8.75. The molecule has 0 spiro atoms. The number of halogens is 1. The third-order valence-electron chi connectivity index (χ3n) is 3.62. The number of nitro groups is 1. The van der Waals surface area contributed by atoms with E-state index in [-0.39, 0.29) is 12.1 Å². The molecule has 1 atom stereocenters. The molecule has 1 amide bonds. The van der Waals surface area contributed by atoms with Crippen LogP contribution < -0.4 is 10.1 Å². The second-order valence-corrected chi connectivity index (χ2v) is 5.53. The summed E-state index contributed by atoms with van der Waals surface area (Å²) in [5.41, 5.74) is -0.152. The highest BCUT2D eigenvalue weighted by Crippen LogP contribution is 2.22. The van der Waals surface area contributed by atoms with E-state index in [0.717, 1.165) is 12.1 Å². The van der Waals surface area contributed by atoms with E-state index in [0.29, 0.717) is 11.3 Å². The zero-order chi connectivity index (χ0) is 20.0. The number of rotatable bonds is 7. The molecular formula is C18H17FN2O6. The molecule has 1 unspecified atom stereocenters. The Morgan fingerprint density at radius 3 is 2.63 bits per heavy atom. The molecule has 142 valence electrons. The third-order valence-corrected chi connectivity index (χ3v) is 3.62. The largest absolute Gasteiger partial charge is 0.496 e. The normalized spacial score (nSPS) is 11.4. The summed E-state index contributed by atoms with van der Waals surface area (Å²) in [6.07, 6.45) is -1.25. The number of amides is 1. The number of carbonyl (C=O) groups is 2. The van der Waals surface area contributed by atoms with Crippen molar-refractivity contribution in [1.29, 1.82) is 0 Å². The molecule has 2 aromatic carbocycles. The molecule has 27 heavy (non-hydrogen) atoms. The number of carbonyl (C=O) groups excluding carboxylic acids is 2. The lowest BCUT2D eigenvalue weighted by molar-refractivity contribution is -0.387. The van der Waals surface area contributed by atoms with Gasteiger partial charge in [-0.05, 0) is 25.1 Å². The molecular weight excluding hydrogens is 359 g/mol. The summed E-state index contributed by atoms with van der Waals surface area (Å²) >= 11 is 0. The average molecular weight is 376 g/mol. The molecule has 0 heterocycles. The Morgan fingerprint density at radius 1 is 1.26 bits per heavy atom. The molecule has 0 aromatic heterocycles. The fraction of sp³-hybridized carbons (Fsp3) is 0.222. The van der Waals surface area contributed by atoms with Gasteiger partial charge in [-0.3, -0.25) is 19.7 Å². The monoisotopic (exact) mass is 376 g/mol. The summed E-state index contributed by atoms with van der Waals surface area (Å²) in [4.78, 5) is 34.0. The predicted octanol–water partition coefficient (Wildman–Crippen LogP) is 2.86. The maximum atomic E-state index is 13.3. The summed E-state index contributed by atoms with van der Waals surface area (Å²) in [6.45, 7) is 1.35. The maximum Gasteiger partial charge on any atom is 0.311 e. The van der Waals surface area contributed by atoms with Crippen LogP contribution in [0.3, 0.4) is 0 Å². The van der Waals surface area contributed by atoms with Crippen LogP contribution in [0.5, 0.6) is 5.75 Å². The van der Waals surface area contributed by atoms with Gasteiger partial charge in [0.25, 0.3) is 5.91 Å². The Labute approximate surface area is 154 Å². The van der Waals surface area contributed by atoms with E-state index < -0.39 is 34.4 Å². The van der Waals surface area contributed by atoms with Crippen molar-refractivity contribution in [2.24, 2.45) is 0 Å². The SMILES string of the molecule is COc1ccccc1CC(=O)OC(C)C(=O)Nc1ccc(F)c([N+](=O)[O-])c1. The number of nitro benzene ring substituents is 1. The predicted molar refractivity (Wildman–Crippen MR) is 93.9 cm³/mol. The topological polar surface area (TPSA) is 108 Å². The van der Waals surface area contributed by atoms with E-state index in [9.17, 15) is 24.1 Å². The number of hydrogen-bond acceptors (Lipinski definition) is 6. The third kappa shape index (κ3) is 5.24. The van der Waals surface area contributed by atoms with Crippen LogP contribution in [-0.4, -0.2) is 30.0 Å². The van der Waals surface area contributed by atoms with Crippen molar-refractivity contribution >= 4 is 23.3 Å². The van der Waals surface area contributed by atoms with Gasteiger partial charge in [-0.1, -0.05) is 18.2 Å². The summed E-state index contributed by atoms with van der Waals surface area (Å²) in [6, 6.07) is 9.81. The lowest BCUT2D eigenvalue weighted by Gasteiger charge is -2.14. The smallest absolute Gasteiger partial charge is 0.311 e. The van der Waals surface area contributed by atoms with Crippen molar-refractivity contribution < 1.29 is 28.4 Å². The van der Waals surface area contributed by atoms with Crippen LogP contribution in [0.2, 0.25) is 0 Å². The Bertz CT molecular complexity index is 871. The van der Waals surface area contributed by atoms with Gasteiger partial charge in [0.05, 0.1) is 18.5 Å². The van der Waals surface area contributed by atoms with Crippen LogP contribution >= 0.6 is 0 Å². The molecule has 9 heteroatoms. The molecule has 0 fully saturated rings. The van der Waals surface area contributed by atoms with Crippen molar-refractivity contribution in [3.05, 3.63) is 64.0 Å². The Balaban J connectivity index is 1.98. The molecule has 0 radical (unpaired) electrons. The fourth-order valence-electron chi connectivity index (χ4n) is 2.27. The molecule has 2 rings (SSSR count). The molecule has 0 aliphatic heterocycles. The van der Waals surface area contributed by atoms with Gasteiger partial charge in [0.2, 0.25) is 5.82 Å². The minimum atomic E-state index is -1.16. The highest BCUT2D eigenvalue weighted by atomic mass is 19.1. The van der Waals surface area contributed by atoms with Crippen LogP contribution in [0.1, 0.15) is 12.5 Å². The van der Waals surface area contributed by atoms with E-state index in [2.05, 4.69) is 5.32 Å². The fourth-order valence-corrected chi connectivity index (χ4v) is 2.27. The van der Waals surface area contributed by atoms with Gasteiger partial charge in [0, 0.05) is 17.3 Å². The molecule has 0 saturated carbocycles. The van der Waals surface area contributed by atoms with Crippen LogP contribution in [0.25, 0.3) is 0 Å². The van der Waals surface area contributed by atoms with E-state index >= 15 is 0 Å². The molecule has 8 nitrogen and oxygen atoms in total. The second-order valence-electron chi connectivity index (χ2n) is 5.53. The molecule has 1 N–H and O–H groups in total. The first-order chi connectivity index (χ1) is 12.8. The minimum absolute atomic E-state index is 0.0146. The van der Waals surface area contributed by atoms with E-state index in [4.69, 9.17) is 9.47 Å². The lowest BCUT2D eigenvalue weighted by atomic mass is 10.1.